The number of carbonyl (C=O) groups is 1. The smallest absolute Gasteiger partial charge is 0.245 e. The molecule has 1 aromatic carbocycles. The van der Waals surface area contributed by atoms with Gasteiger partial charge in [0.2, 0.25) is 5.91 Å². The number of piperidine rings is 1. The molecule has 1 atom stereocenters. The molecule has 9 heteroatoms. The zero-order valence-corrected chi connectivity index (χ0v) is 18.1. The lowest BCUT2D eigenvalue weighted by molar-refractivity contribution is -0.143. The maximum Gasteiger partial charge on any atom is 0.245 e. The molecule has 1 spiro atoms. The van der Waals surface area contributed by atoms with Crippen LogP contribution in [0.5, 0.6) is 0 Å². The van der Waals surface area contributed by atoms with Crippen LogP contribution in [0.4, 0.5) is 14.6 Å². The summed E-state index contributed by atoms with van der Waals surface area (Å²) < 4.78 is 29.4. The quantitative estimate of drug-likeness (QED) is 0.613. The number of hydrogen-bond acceptors (Lipinski definition) is 5. The van der Waals surface area contributed by atoms with Crippen LogP contribution in [0.2, 0.25) is 0 Å². The lowest BCUT2D eigenvalue weighted by Gasteiger charge is -2.38. The van der Waals surface area contributed by atoms with Crippen molar-refractivity contribution in [1.29, 1.82) is 0 Å². The Morgan fingerprint density at radius 1 is 0.970 bits per heavy atom. The summed E-state index contributed by atoms with van der Waals surface area (Å²) >= 11 is 0. The van der Waals surface area contributed by atoms with Crippen LogP contribution < -0.4 is 4.90 Å². The summed E-state index contributed by atoms with van der Waals surface area (Å²) in [5.41, 5.74) is 0.0677. The molecule has 3 saturated heterocycles. The van der Waals surface area contributed by atoms with Crippen molar-refractivity contribution in [3.63, 3.8) is 0 Å². The average Bonchev–Trinajstić information content (AvgIpc) is 3.53. The van der Waals surface area contributed by atoms with E-state index < -0.39 is 17.0 Å². The van der Waals surface area contributed by atoms with Gasteiger partial charge in [0.25, 0.3) is 0 Å². The minimum atomic E-state index is -0.608. The van der Waals surface area contributed by atoms with Gasteiger partial charge in [0.05, 0.1) is 11.5 Å². The number of pyridine rings is 1. The third-order valence-electron chi connectivity index (χ3n) is 7.18. The Balaban J connectivity index is 1.19. The van der Waals surface area contributed by atoms with Crippen molar-refractivity contribution >= 4 is 11.7 Å². The molecular formula is C24H24F2N6O. The average molecular weight is 450 g/mol. The highest BCUT2D eigenvalue weighted by molar-refractivity contribution is 5.85. The van der Waals surface area contributed by atoms with Gasteiger partial charge < -0.3 is 4.90 Å². The highest BCUT2D eigenvalue weighted by atomic mass is 19.1. The zero-order valence-electron chi connectivity index (χ0n) is 18.1. The predicted octanol–water partition coefficient (Wildman–Crippen LogP) is 3.34. The van der Waals surface area contributed by atoms with Crippen molar-refractivity contribution in [2.45, 2.75) is 25.3 Å². The highest BCUT2D eigenvalue weighted by Gasteiger charge is 2.56. The first-order valence-corrected chi connectivity index (χ1v) is 11.3. The number of carbonyl (C=O) groups excluding carboxylic acids is 1. The fourth-order valence-corrected chi connectivity index (χ4v) is 5.52. The Bertz CT molecular complexity index is 1170. The Morgan fingerprint density at radius 3 is 2.45 bits per heavy atom. The largest absolute Gasteiger partial charge is 0.356 e. The monoisotopic (exact) mass is 450 g/mol. The molecule has 33 heavy (non-hydrogen) atoms. The van der Waals surface area contributed by atoms with Gasteiger partial charge in [-0.1, -0.05) is 6.07 Å². The first-order chi connectivity index (χ1) is 16.0. The van der Waals surface area contributed by atoms with E-state index in [1.807, 2.05) is 30.5 Å². The standard InChI is InChI=1S/C24H24F2N6O/c25-18-13-17(14-19(26)15-18)20-5-10-30-16-24(23(33)32(20)30)6-11-29(12-7-24)21-3-1-4-22(28-21)31-9-2-8-27-31/h1-4,8-9,13-15,20H,5-7,10-12,16H2/t20-/m0/s1. The van der Waals surface area contributed by atoms with Crippen LogP contribution in [0.1, 0.15) is 30.9 Å². The minimum absolute atomic E-state index is 0.0765. The van der Waals surface area contributed by atoms with Crippen molar-refractivity contribution in [3.05, 3.63) is 72.1 Å². The van der Waals surface area contributed by atoms with Gasteiger partial charge in [-0.05, 0) is 55.2 Å². The number of hydrogen-bond donors (Lipinski definition) is 0. The molecule has 6 rings (SSSR count). The molecule has 170 valence electrons. The molecule has 3 aliphatic rings. The molecule has 3 fully saturated rings. The Morgan fingerprint density at radius 2 is 1.73 bits per heavy atom. The molecule has 0 radical (unpaired) electrons. The fourth-order valence-electron chi connectivity index (χ4n) is 5.52. The molecular weight excluding hydrogens is 426 g/mol. The van der Waals surface area contributed by atoms with Crippen LogP contribution in [-0.2, 0) is 4.79 Å². The van der Waals surface area contributed by atoms with Crippen LogP contribution in [-0.4, -0.2) is 56.9 Å². The second-order valence-electron chi connectivity index (χ2n) is 9.12. The van der Waals surface area contributed by atoms with Crippen LogP contribution in [0.3, 0.4) is 0 Å². The van der Waals surface area contributed by atoms with Gasteiger partial charge in [-0.25, -0.2) is 23.5 Å². The number of anilines is 1. The van der Waals surface area contributed by atoms with Crippen molar-refractivity contribution < 1.29 is 13.6 Å². The Hall–Kier alpha value is -3.33. The summed E-state index contributed by atoms with van der Waals surface area (Å²) in [5, 5.41) is 8.08. The molecule has 0 N–H and O–H groups in total. The molecule has 5 heterocycles. The number of amides is 1. The van der Waals surface area contributed by atoms with E-state index in [2.05, 4.69) is 15.0 Å². The van der Waals surface area contributed by atoms with E-state index in [9.17, 15) is 13.6 Å². The van der Waals surface area contributed by atoms with Crippen molar-refractivity contribution in [3.8, 4) is 5.82 Å². The number of nitrogens with zero attached hydrogens (tertiary/aromatic N) is 6. The van der Waals surface area contributed by atoms with Crippen LogP contribution >= 0.6 is 0 Å². The van der Waals surface area contributed by atoms with Gasteiger partial charge in [-0.2, -0.15) is 5.10 Å². The minimum Gasteiger partial charge on any atom is -0.356 e. The van der Waals surface area contributed by atoms with Gasteiger partial charge in [0.15, 0.2) is 5.82 Å². The van der Waals surface area contributed by atoms with Crippen molar-refractivity contribution in [2.75, 3.05) is 31.1 Å². The van der Waals surface area contributed by atoms with Gasteiger partial charge in [-0.15, -0.1) is 0 Å². The maximum absolute atomic E-state index is 13.8. The summed E-state index contributed by atoms with van der Waals surface area (Å²) in [7, 11) is 0. The second-order valence-corrected chi connectivity index (χ2v) is 9.12. The second kappa shape index (κ2) is 7.62. The van der Waals surface area contributed by atoms with Crippen molar-refractivity contribution in [2.24, 2.45) is 5.41 Å². The number of rotatable bonds is 3. The van der Waals surface area contributed by atoms with Gasteiger partial charge in [0.1, 0.15) is 17.5 Å². The third-order valence-corrected chi connectivity index (χ3v) is 7.18. The van der Waals surface area contributed by atoms with E-state index in [1.165, 1.54) is 12.1 Å². The zero-order chi connectivity index (χ0) is 22.6. The number of fused-ring (bicyclic) bond motifs is 1. The Kier molecular flexibility index (Phi) is 4.69. The van der Waals surface area contributed by atoms with E-state index in [-0.39, 0.29) is 11.9 Å². The number of benzene rings is 1. The van der Waals surface area contributed by atoms with Crippen LogP contribution in [0.25, 0.3) is 5.82 Å². The molecule has 0 unspecified atom stereocenters. The molecule has 3 aliphatic heterocycles. The maximum atomic E-state index is 13.8. The van der Waals surface area contributed by atoms with E-state index in [0.717, 1.165) is 43.6 Å². The van der Waals surface area contributed by atoms with E-state index in [4.69, 9.17) is 4.98 Å². The summed E-state index contributed by atoms with van der Waals surface area (Å²) in [4.78, 5) is 20.6. The summed E-state index contributed by atoms with van der Waals surface area (Å²) in [5.74, 6) is 0.488. The van der Waals surface area contributed by atoms with Gasteiger partial charge in [0, 0.05) is 44.6 Å². The number of hydrazine groups is 1. The first-order valence-electron chi connectivity index (χ1n) is 11.3. The SMILES string of the molecule is O=C1N2[C@H](c3cc(F)cc(F)c3)CCN2CC12CCN(c1cccc(-n3cccn3)n1)CC2. The Labute approximate surface area is 190 Å². The number of halogens is 2. The van der Waals surface area contributed by atoms with E-state index >= 15 is 0 Å². The van der Waals surface area contributed by atoms with E-state index in [0.29, 0.717) is 25.1 Å². The number of aromatic nitrogens is 3. The molecule has 0 bridgehead atoms. The molecule has 0 saturated carbocycles. The van der Waals surface area contributed by atoms with Gasteiger partial charge in [-0.3, -0.25) is 9.80 Å². The lowest BCUT2D eigenvalue weighted by atomic mass is 9.77. The van der Waals surface area contributed by atoms with E-state index in [1.54, 1.807) is 15.9 Å². The molecule has 7 nitrogen and oxygen atoms in total. The topological polar surface area (TPSA) is 57.5 Å². The molecule has 2 aromatic heterocycles. The highest BCUT2D eigenvalue weighted by Crippen LogP contribution is 2.47. The predicted molar refractivity (Wildman–Crippen MR) is 117 cm³/mol. The van der Waals surface area contributed by atoms with Crippen LogP contribution in [0.15, 0.2) is 54.9 Å². The summed E-state index contributed by atoms with van der Waals surface area (Å²) in [6.07, 6.45) is 5.70. The summed E-state index contributed by atoms with van der Waals surface area (Å²) in [6.45, 7) is 2.83. The van der Waals surface area contributed by atoms with Crippen molar-refractivity contribution in [1.82, 2.24) is 24.8 Å². The normalized spacial score (nSPS) is 22.4. The molecule has 0 aliphatic carbocycles. The summed E-state index contributed by atoms with van der Waals surface area (Å²) in [6, 6.07) is 11.0. The fraction of sp³-hybridized carbons (Fsp3) is 0.375. The van der Waals surface area contributed by atoms with Gasteiger partial charge >= 0.3 is 0 Å². The first kappa shape index (κ1) is 20.3. The lowest BCUT2D eigenvalue weighted by Crippen LogP contribution is -2.46. The molecule has 1 amide bonds. The van der Waals surface area contributed by atoms with Crippen LogP contribution in [0, 0.1) is 17.0 Å². The third kappa shape index (κ3) is 3.38. The molecule has 3 aromatic rings.